The maximum atomic E-state index is 13.4. The lowest BCUT2D eigenvalue weighted by atomic mass is 9.74. The molecule has 1 N–H and O–H groups in total. The first-order valence-corrected chi connectivity index (χ1v) is 10.4. The molecular formula is C23H26ClN3O2. The highest BCUT2D eigenvalue weighted by atomic mass is 35.5. The van der Waals surface area contributed by atoms with Crippen LogP contribution in [0.1, 0.15) is 47.9 Å². The van der Waals surface area contributed by atoms with Gasteiger partial charge in [-0.05, 0) is 94.1 Å². The fraction of sp³-hybridized carbons (Fsp3) is 0.391. The number of halogens is 1. The number of aromatic nitrogens is 2. The molecule has 0 aliphatic heterocycles. The molecule has 2 unspecified atom stereocenters. The molecule has 0 saturated heterocycles. The second-order valence-corrected chi connectivity index (χ2v) is 8.66. The molecule has 152 valence electrons. The lowest BCUT2D eigenvalue weighted by molar-refractivity contribution is 0.181. The van der Waals surface area contributed by atoms with Crippen LogP contribution in [0, 0.1) is 0 Å². The molecule has 0 spiro atoms. The monoisotopic (exact) mass is 411 g/mol. The molecule has 5 nitrogen and oxygen atoms in total. The molecule has 29 heavy (non-hydrogen) atoms. The van der Waals surface area contributed by atoms with Crippen LogP contribution in [-0.2, 0) is 6.42 Å². The topological polar surface area (TPSA) is 58.4 Å². The van der Waals surface area contributed by atoms with E-state index in [2.05, 4.69) is 24.0 Å². The first-order valence-electron chi connectivity index (χ1n) is 10.1. The molecule has 0 saturated carbocycles. The highest BCUT2D eigenvalue weighted by molar-refractivity contribution is 6.31. The molecule has 0 radical (unpaired) electrons. The second-order valence-electron chi connectivity index (χ2n) is 8.22. The summed E-state index contributed by atoms with van der Waals surface area (Å²) < 4.78 is 1.22. The molecule has 4 rings (SSSR count). The second kappa shape index (κ2) is 8.17. The Morgan fingerprint density at radius 3 is 2.72 bits per heavy atom. The van der Waals surface area contributed by atoms with Gasteiger partial charge in [-0.25, -0.2) is 0 Å². The fourth-order valence-corrected chi connectivity index (χ4v) is 4.78. The van der Waals surface area contributed by atoms with Crippen molar-refractivity contribution in [3.63, 3.8) is 0 Å². The van der Waals surface area contributed by atoms with Gasteiger partial charge in [0.25, 0.3) is 0 Å². The van der Waals surface area contributed by atoms with Crippen molar-refractivity contribution in [3.8, 4) is 0 Å². The number of nitrogens with zero attached hydrogens (tertiary/aromatic N) is 3. The van der Waals surface area contributed by atoms with Crippen molar-refractivity contribution in [2.75, 3.05) is 20.6 Å². The van der Waals surface area contributed by atoms with Gasteiger partial charge in [-0.2, -0.15) is 4.73 Å². The van der Waals surface area contributed by atoms with Crippen molar-refractivity contribution in [1.82, 2.24) is 14.6 Å². The molecule has 0 amide bonds. The maximum Gasteiger partial charge on any atom is 0.193 e. The Hall–Kier alpha value is -2.37. The molecule has 0 bridgehead atoms. The minimum absolute atomic E-state index is 0.00540. The van der Waals surface area contributed by atoms with E-state index in [0.717, 1.165) is 37.1 Å². The highest BCUT2D eigenvalue weighted by Crippen LogP contribution is 2.41. The zero-order valence-electron chi connectivity index (χ0n) is 16.8. The first kappa shape index (κ1) is 19.9. The largest absolute Gasteiger partial charge is 0.428 e. The summed E-state index contributed by atoms with van der Waals surface area (Å²) in [5, 5.41) is 12.0. The fourth-order valence-electron chi connectivity index (χ4n) is 4.61. The Kier molecular flexibility index (Phi) is 5.61. The van der Waals surface area contributed by atoms with E-state index < -0.39 is 0 Å². The summed E-state index contributed by atoms with van der Waals surface area (Å²) in [6.45, 7) is 0.971. The number of hydrogen-bond acceptors (Lipinski definition) is 4. The SMILES string of the molecule is CN(C)CCCC1CC(c2ccncc2)Cc2c1c(=O)c1cc(Cl)ccc1n2O. The van der Waals surface area contributed by atoms with E-state index in [0.29, 0.717) is 22.3 Å². The van der Waals surface area contributed by atoms with Gasteiger partial charge in [-0.15, -0.1) is 0 Å². The zero-order valence-corrected chi connectivity index (χ0v) is 17.6. The van der Waals surface area contributed by atoms with E-state index in [1.165, 1.54) is 10.3 Å². The molecule has 1 aliphatic rings. The van der Waals surface area contributed by atoms with Crippen LogP contribution >= 0.6 is 11.6 Å². The Labute approximate surface area is 175 Å². The van der Waals surface area contributed by atoms with Crippen molar-refractivity contribution in [2.24, 2.45) is 0 Å². The van der Waals surface area contributed by atoms with Crippen LogP contribution in [0.15, 0.2) is 47.5 Å². The summed E-state index contributed by atoms with van der Waals surface area (Å²) in [4.78, 5) is 19.7. The van der Waals surface area contributed by atoms with Crippen molar-refractivity contribution in [2.45, 2.75) is 37.5 Å². The third-order valence-corrected chi connectivity index (χ3v) is 6.23. The van der Waals surface area contributed by atoms with E-state index in [1.54, 1.807) is 30.6 Å². The normalized spacial score (nSPS) is 18.9. The quantitative estimate of drug-likeness (QED) is 0.630. The van der Waals surface area contributed by atoms with Gasteiger partial charge in [0.05, 0.1) is 16.6 Å². The van der Waals surface area contributed by atoms with Crippen LogP contribution in [0.3, 0.4) is 0 Å². The summed E-state index contributed by atoms with van der Waals surface area (Å²) in [7, 11) is 4.12. The van der Waals surface area contributed by atoms with Gasteiger partial charge >= 0.3 is 0 Å². The zero-order chi connectivity index (χ0) is 20.5. The Morgan fingerprint density at radius 2 is 2.00 bits per heavy atom. The highest BCUT2D eigenvalue weighted by Gasteiger charge is 2.33. The molecule has 6 heteroatoms. The van der Waals surface area contributed by atoms with E-state index in [4.69, 9.17) is 11.6 Å². The van der Waals surface area contributed by atoms with Gasteiger partial charge in [0.2, 0.25) is 0 Å². The van der Waals surface area contributed by atoms with Gasteiger partial charge in [-0.3, -0.25) is 9.78 Å². The van der Waals surface area contributed by atoms with Gasteiger partial charge in [0.15, 0.2) is 5.43 Å². The minimum atomic E-state index is 0.00540. The molecule has 2 atom stereocenters. The Balaban J connectivity index is 1.83. The lowest BCUT2D eigenvalue weighted by Crippen LogP contribution is -2.29. The Bertz CT molecular complexity index is 1080. The van der Waals surface area contributed by atoms with Crippen molar-refractivity contribution in [1.29, 1.82) is 0 Å². The van der Waals surface area contributed by atoms with Crippen LogP contribution < -0.4 is 5.43 Å². The average Bonchev–Trinajstić information content (AvgIpc) is 2.72. The van der Waals surface area contributed by atoms with Gasteiger partial charge in [0.1, 0.15) is 0 Å². The molecule has 3 aromatic rings. The summed E-state index contributed by atoms with van der Waals surface area (Å²) in [6.07, 6.45) is 7.05. The van der Waals surface area contributed by atoms with E-state index in [-0.39, 0.29) is 17.3 Å². The van der Waals surface area contributed by atoms with Crippen LogP contribution in [-0.4, -0.2) is 40.5 Å². The number of pyridine rings is 2. The summed E-state index contributed by atoms with van der Waals surface area (Å²) >= 11 is 6.14. The van der Waals surface area contributed by atoms with Crippen molar-refractivity contribution >= 4 is 22.5 Å². The van der Waals surface area contributed by atoms with Gasteiger partial charge in [-0.1, -0.05) is 11.6 Å². The number of rotatable bonds is 5. The predicted octanol–water partition coefficient (Wildman–Crippen LogP) is 4.44. The summed E-state index contributed by atoms with van der Waals surface area (Å²) in [5.74, 6) is 0.351. The van der Waals surface area contributed by atoms with Gasteiger partial charge in [0, 0.05) is 23.0 Å². The maximum absolute atomic E-state index is 13.4. The minimum Gasteiger partial charge on any atom is -0.428 e. The average molecular weight is 412 g/mol. The third-order valence-electron chi connectivity index (χ3n) is 6.00. The first-order chi connectivity index (χ1) is 14.0. The number of fused-ring (bicyclic) bond motifs is 2. The van der Waals surface area contributed by atoms with Crippen molar-refractivity contribution < 1.29 is 5.21 Å². The van der Waals surface area contributed by atoms with Gasteiger partial charge < -0.3 is 10.1 Å². The van der Waals surface area contributed by atoms with E-state index >= 15 is 0 Å². The molecule has 1 aliphatic carbocycles. The predicted molar refractivity (Wildman–Crippen MR) is 116 cm³/mol. The lowest BCUT2D eigenvalue weighted by Gasteiger charge is -2.33. The Morgan fingerprint density at radius 1 is 1.24 bits per heavy atom. The molecular weight excluding hydrogens is 386 g/mol. The summed E-state index contributed by atoms with van der Waals surface area (Å²) in [6, 6.07) is 9.16. The standard InChI is InChI=1S/C23H26ClN3O2/c1-26(2)11-3-4-16-12-17(15-7-9-25-10-8-15)13-21-22(16)23(28)19-14-18(24)5-6-20(19)27(21)29/h5-10,14,16-17,29H,3-4,11-13H2,1-2H3. The summed E-state index contributed by atoms with van der Waals surface area (Å²) in [5.41, 5.74) is 3.21. The van der Waals surface area contributed by atoms with Crippen LogP contribution in [0.2, 0.25) is 5.02 Å². The molecule has 1 aromatic carbocycles. The van der Waals surface area contributed by atoms with Crippen molar-refractivity contribution in [3.05, 3.63) is 74.8 Å². The van der Waals surface area contributed by atoms with E-state index in [9.17, 15) is 10.0 Å². The number of hydrogen-bond donors (Lipinski definition) is 1. The molecule has 0 fully saturated rings. The smallest absolute Gasteiger partial charge is 0.193 e. The molecule has 2 heterocycles. The third kappa shape index (κ3) is 3.89. The van der Waals surface area contributed by atoms with Crippen LogP contribution in [0.25, 0.3) is 10.9 Å². The molecule has 2 aromatic heterocycles. The number of benzene rings is 1. The van der Waals surface area contributed by atoms with E-state index in [1.807, 2.05) is 12.1 Å². The van der Waals surface area contributed by atoms with Crippen LogP contribution in [0.4, 0.5) is 0 Å². The van der Waals surface area contributed by atoms with Crippen LogP contribution in [0.5, 0.6) is 0 Å².